The van der Waals surface area contributed by atoms with E-state index in [1.54, 1.807) is 0 Å². The Morgan fingerprint density at radius 2 is 1.60 bits per heavy atom. The van der Waals surface area contributed by atoms with Gasteiger partial charge in [0.15, 0.2) is 0 Å². The average molecular weight is 213 g/mol. The van der Waals surface area contributed by atoms with Crippen LogP contribution < -0.4 is 0 Å². The predicted octanol–water partition coefficient (Wildman–Crippen LogP) is 4.84. The van der Waals surface area contributed by atoms with Crippen molar-refractivity contribution in [3.05, 3.63) is 11.8 Å². The van der Waals surface area contributed by atoms with Crippen molar-refractivity contribution in [1.29, 1.82) is 0 Å². The maximum absolute atomic E-state index is 2.50. The van der Waals surface area contributed by atoms with Gasteiger partial charge in [-0.05, 0) is 26.7 Å². The molecule has 92 valence electrons. The molecule has 0 aromatic rings. The maximum atomic E-state index is 2.50. The van der Waals surface area contributed by atoms with Crippen LogP contribution in [-0.2, 0) is 0 Å². The zero-order valence-electron chi connectivity index (χ0n) is 11.8. The van der Waals surface area contributed by atoms with Gasteiger partial charge in [0.1, 0.15) is 0 Å². The van der Waals surface area contributed by atoms with Crippen molar-refractivity contribution in [2.45, 2.75) is 67.2 Å². The molecule has 0 heterocycles. The van der Waals surface area contributed by atoms with Crippen molar-refractivity contribution >= 4 is 0 Å². The lowest BCUT2D eigenvalue weighted by molar-refractivity contribution is 0.335. The SMILES string of the molecule is C/C=C(\C)N(CCC)CCCCC.CC. The highest BCUT2D eigenvalue weighted by Gasteiger charge is 2.01. The molecule has 0 saturated carbocycles. The summed E-state index contributed by atoms with van der Waals surface area (Å²) in [7, 11) is 0. The zero-order valence-corrected chi connectivity index (χ0v) is 11.8. The Labute approximate surface area is 97.6 Å². The minimum absolute atomic E-state index is 1.21. The van der Waals surface area contributed by atoms with E-state index in [-0.39, 0.29) is 0 Å². The Balaban J connectivity index is 0. The summed E-state index contributed by atoms with van der Waals surface area (Å²) in [5.74, 6) is 0. The highest BCUT2D eigenvalue weighted by Crippen LogP contribution is 2.07. The molecule has 0 aliphatic heterocycles. The first kappa shape index (κ1) is 17.0. The van der Waals surface area contributed by atoms with E-state index < -0.39 is 0 Å². The van der Waals surface area contributed by atoms with Crippen LogP contribution in [-0.4, -0.2) is 18.0 Å². The molecule has 0 atom stereocenters. The van der Waals surface area contributed by atoms with E-state index in [2.05, 4.69) is 38.7 Å². The topological polar surface area (TPSA) is 3.24 Å². The zero-order chi connectivity index (χ0) is 12.1. The van der Waals surface area contributed by atoms with E-state index in [4.69, 9.17) is 0 Å². The largest absolute Gasteiger partial charge is 0.375 e. The van der Waals surface area contributed by atoms with E-state index in [1.807, 2.05) is 13.8 Å². The summed E-state index contributed by atoms with van der Waals surface area (Å²) in [5.41, 5.74) is 1.43. The van der Waals surface area contributed by atoms with Crippen LogP contribution in [0.2, 0.25) is 0 Å². The average Bonchev–Trinajstić information content (AvgIpc) is 2.30. The molecule has 0 aromatic carbocycles. The third-order valence-corrected chi connectivity index (χ3v) is 2.44. The third kappa shape index (κ3) is 9.84. The van der Waals surface area contributed by atoms with Crippen LogP contribution in [0.25, 0.3) is 0 Å². The van der Waals surface area contributed by atoms with E-state index >= 15 is 0 Å². The van der Waals surface area contributed by atoms with Gasteiger partial charge in [0.2, 0.25) is 0 Å². The molecule has 0 rings (SSSR count). The molecule has 1 nitrogen and oxygen atoms in total. The molecule has 0 bridgehead atoms. The fraction of sp³-hybridized carbons (Fsp3) is 0.857. The van der Waals surface area contributed by atoms with Crippen molar-refractivity contribution in [3.8, 4) is 0 Å². The Morgan fingerprint density at radius 3 is 2.00 bits per heavy atom. The summed E-state index contributed by atoms with van der Waals surface area (Å²) in [6.45, 7) is 15.3. The summed E-state index contributed by atoms with van der Waals surface area (Å²) in [6, 6.07) is 0. The molecule has 0 aromatic heterocycles. The van der Waals surface area contributed by atoms with Gasteiger partial charge >= 0.3 is 0 Å². The van der Waals surface area contributed by atoms with Crippen molar-refractivity contribution in [2.75, 3.05) is 13.1 Å². The van der Waals surface area contributed by atoms with Crippen LogP contribution in [0.1, 0.15) is 67.2 Å². The number of hydrogen-bond acceptors (Lipinski definition) is 1. The molecular weight excluding hydrogens is 182 g/mol. The third-order valence-electron chi connectivity index (χ3n) is 2.44. The van der Waals surface area contributed by atoms with E-state index in [9.17, 15) is 0 Å². The van der Waals surface area contributed by atoms with Gasteiger partial charge in [0.05, 0.1) is 0 Å². The van der Waals surface area contributed by atoms with E-state index in [1.165, 1.54) is 44.5 Å². The smallest absolute Gasteiger partial charge is 0.0174 e. The quantitative estimate of drug-likeness (QED) is 0.547. The summed E-state index contributed by atoms with van der Waals surface area (Å²) >= 11 is 0. The second kappa shape index (κ2) is 13.5. The van der Waals surface area contributed by atoms with Crippen LogP contribution in [0.4, 0.5) is 0 Å². The highest BCUT2D eigenvalue weighted by molar-refractivity contribution is 4.94. The van der Waals surface area contributed by atoms with Gasteiger partial charge in [-0.1, -0.05) is 46.6 Å². The first-order valence-electron chi connectivity index (χ1n) is 6.64. The molecule has 0 N–H and O–H groups in total. The molecule has 0 unspecified atom stereocenters. The number of rotatable bonds is 7. The lowest BCUT2D eigenvalue weighted by atomic mass is 10.2. The standard InChI is InChI=1S/C12H25N.C2H6/c1-5-8-9-11-13(10-6-2)12(4)7-3;1-2/h7H,5-6,8-11H2,1-4H3;1-2H3/b12-7+;. The number of allylic oxidation sites excluding steroid dienone is 2. The lowest BCUT2D eigenvalue weighted by Crippen LogP contribution is -2.23. The second-order valence-electron chi connectivity index (χ2n) is 3.62. The fourth-order valence-electron chi connectivity index (χ4n) is 1.47. The molecule has 0 fully saturated rings. The van der Waals surface area contributed by atoms with Crippen molar-refractivity contribution in [1.82, 2.24) is 4.90 Å². The molecule has 0 amide bonds. The molecule has 15 heavy (non-hydrogen) atoms. The van der Waals surface area contributed by atoms with Crippen molar-refractivity contribution in [2.24, 2.45) is 0 Å². The van der Waals surface area contributed by atoms with Crippen LogP contribution in [0, 0.1) is 0 Å². The molecule has 0 spiro atoms. The van der Waals surface area contributed by atoms with Gasteiger partial charge in [0.25, 0.3) is 0 Å². The Kier molecular flexibility index (Phi) is 15.3. The van der Waals surface area contributed by atoms with E-state index in [0.29, 0.717) is 0 Å². The lowest BCUT2D eigenvalue weighted by Gasteiger charge is -2.24. The highest BCUT2D eigenvalue weighted by atomic mass is 15.1. The monoisotopic (exact) mass is 213 g/mol. The summed E-state index contributed by atoms with van der Waals surface area (Å²) in [4.78, 5) is 2.50. The van der Waals surface area contributed by atoms with Crippen LogP contribution in [0.3, 0.4) is 0 Å². The molecule has 0 radical (unpaired) electrons. The summed E-state index contributed by atoms with van der Waals surface area (Å²) < 4.78 is 0. The molecule has 0 aliphatic rings. The predicted molar refractivity (Wildman–Crippen MR) is 72.2 cm³/mol. The van der Waals surface area contributed by atoms with Gasteiger partial charge in [-0.25, -0.2) is 0 Å². The number of nitrogens with zero attached hydrogens (tertiary/aromatic N) is 1. The van der Waals surface area contributed by atoms with Crippen LogP contribution >= 0.6 is 0 Å². The van der Waals surface area contributed by atoms with Crippen molar-refractivity contribution < 1.29 is 0 Å². The van der Waals surface area contributed by atoms with Gasteiger partial charge in [0, 0.05) is 18.8 Å². The fourth-order valence-corrected chi connectivity index (χ4v) is 1.47. The molecule has 0 saturated heterocycles. The second-order valence-corrected chi connectivity index (χ2v) is 3.62. The first-order chi connectivity index (χ1) is 7.26. The van der Waals surface area contributed by atoms with Gasteiger partial charge < -0.3 is 4.90 Å². The maximum Gasteiger partial charge on any atom is 0.0174 e. The Hall–Kier alpha value is -0.460. The Morgan fingerprint density at radius 1 is 1.00 bits per heavy atom. The summed E-state index contributed by atoms with van der Waals surface area (Å²) in [5, 5.41) is 0. The van der Waals surface area contributed by atoms with Crippen LogP contribution in [0.5, 0.6) is 0 Å². The minimum atomic E-state index is 1.21. The Bertz CT molecular complexity index is 138. The van der Waals surface area contributed by atoms with Crippen molar-refractivity contribution in [3.63, 3.8) is 0 Å². The molecule has 0 aliphatic carbocycles. The van der Waals surface area contributed by atoms with E-state index in [0.717, 1.165) is 0 Å². The number of hydrogen-bond donors (Lipinski definition) is 0. The minimum Gasteiger partial charge on any atom is -0.375 e. The molecular formula is C14H31N. The number of unbranched alkanes of at least 4 members (excludes halogenated alkanes) is 2. The summed E-state index contributed by atoms with van der Waals surface area (Å²) in [6.07, 6.45) is 7.46. The van der Waals surface area contributed by atoms with Crippen LogP contribution in [0.15, 0.2) is 11.8 Å². The van der Waals surface area contributed by atoms with Gasteiger partial charge in [-0.15, -0.1) is 0 Å². The van der Waals surface area contributed by atoms with Gasteiger partial charge in [-0.2, -0.15) is 0 Å². The normalized spacial score (nSPS) is 10.7. The molecule has 1 heteroatoms. The van der Waals surface area contributed by atoms with Gasteiger partial charge in [-0.3, -0.25) is 0 Å². The first-order valence-corrected chi connectivity index (χ1v) is 6.64.